The molecule has 1 unspecified atom stereocenters. The Balaban J connectivity index is 0. The largest absolute Gasteiger partial charge is 0.462 e. The molecule has 0 aromatic rings. The zero-order chi connectivity index (χ0) is 9.40. The number of aliphatic imine (C=N–C) groups is 2. The van der Waals surface area contributed by atoms with E-state index >= 15 is 0 Å². The Hall–Kier alpha value is -0.0800. The van der Waals surface area contributed by atoms with Gasteiger partial charge in [0.25, 0.3) is 0 Å². The number of nitrogens with zero attached hydrogens (tertiary/aromatic N) is 2. The van der Waals surface area contributed by atoms with Crippen LogP contribution in [0.1, 0.15) is 27.2 Å². The SMILES string of the molecule is CCN=C(CC)C(=NCC)OP.S. The van der Waals surface area contributed by atoms with Gasteiger partial charge in [-0.05, 0) is 20.3 Å². The third-order valence-electron chi connectivity index (χ3n) is 1.34. The van der Waals surface area contributed by atoms with Crippen LogP contribution in [0.3, 0.4) is 0 Å². The standard InChI is InChI=1S/C8H17N2OP.H2S/c1-4-7(9-5-2)8(11-12)10-6-3;/h4-6,12H2,1-3H3;1H2. The smallest absolute Gasteiger partial charge is 0.232 e. The van der Waals surface area contributed by atoms with Crippen molar-refractivity contribution < 1.29 is 4.52 Å². The fourth-order valence-corrected chi connectivity index (χ4v) is 1.07. The molecular weight excluding hydrogens is 203 g/mol. The molecular formula is C8H19N2OPS. The molecule has 13 heavy (non-hydrogen) atoms. The van der Waals surface area contributed by atoms with Gasteiger partial charge in [-0.2, -0.15) is 13.5 Å². The summed E-state index contributed by atoms with van der Waals surface area (Å²) in [7, 11) is 2.20. The molecule has 0 aliphatic heterocycles. The molecule has 0 saturated heterocycles. The van der Waals surface area contributed by atoms with Crippen LogP contribution in [-0.4, -0.2) is 24.7 Å². The second-order valence-corrected chi connectivity index (χ2v) is 2.41. The molecule has 0 aliphatic rings. The lowest BCUT2D eigenvalue weighted by Crippen LogP contribution is -2.14. The normalized spacial score (nSPS) is 12.3. The zero-order valence-electron chi connectivity index (χ0n) is 8.50. The van der Waals surface area contributed by atoms with Gasteiger partial charge in [-0.3, -0.25) is 9.98 Å². The Morgan fingerprint density at radius 2 is 1.69 bits per heavy atom. The number of hydrogen-bond acceptors (Lipinski definition) is 3. The number of hydrogen-bond donors (Lipinski definition) is 0. The first-order valence-electron chi connectivity index (χ1n) is 4.24. The first-order chi connectivity index (χ1) is 5.79. The lowest BCUT2D eigenvalue weighted by Gasteiger charge is -2.05. The molecule has 3 nitrogen and oxygen atoms in total. The summed E-state index contributed by atoms with van der Waals surface area (Å²) in [6, 6.07) is 0. The maximum atomic E-state index is 5.03. The Kier molecular flexibility index (Phi) is 11.8. The van der Waals surface area contributed by atoms with Crippen LogP contribution < -0.4 is 0 Å². The molecule has 0 radical (unpaired) electrons. The third kappa shape index (κ3) is 6.05. The van der Waals surface area contributed by atoms with Gasteiger partial charge in [0.2, 0.25) is 5.90 Å². The lowest BCUT2D eigenvalue weighted by molar-refractivity contribution is 0.648. The summed E-state index contributed by atoms with van der Waals surface area (Å²) >= 11 is 0. The van der Waals surface area contributed by atoms with Gasteiger partial charge in [0.05, 0.1) is 15.2 Å². The Morgan fingerprint density at radius 3 is 2.00 bits per heavy atom. The first-order valence-corrected chi connectivity index (χ1v) is 4.72. The summed E-state index contributed by atoms with van der Waals surface area (Å²) in [6.45, 7) is 7.53. The van der Waals surface area contributed by atoms with Gasteiger partial charge in [-0.1, -0.05) is 6.92 Å². The van der Waals surface area contributed by atoms with Crippen molar-refractivity contribution >= 4 is 34.6 Å². The van der Waals surface area contributed by atoms with Crippen molar-refractivity contribution in [3.63, 3.8) is 0 Å². The van der Waals surface area contributed by atoms with Gasteiger partial charge < -0.3 is 4.52 Å². The molecule has 5 heteroatoms. The third-order valence-corrected chi connectivity index (χ3v) is 1.57. The van der Waals surface area contributed by atoms with E-state index in [0.717, 1.165) is 25.2 Å². The molecule has 0 rings (SSSR count). The highest BCUT2D eigenvalue weighted by Gasteiger charge is 2.04. The molecule has 0 N–H and O–H groups in total. The summed E-state index contributed by atoms with van der Waals surface area (Å²) in [4.78, 5) is 8.46. The minimum Gasteiger partial charge on any atom is -0.462 e. The van der Waals surface area contributed by atoms with Crippen LogP contribution in [0.2, 0.25) is 0 Å². The molecule has 0 heterocycles. The van der Waals surface area contributed by atoms with E-state index in [1.165, 1.54) is 0 Å². The first kappa shape index (κ1) is 15.4. The second kappa shape index (κ2) is 10.0. The minimum atomic E-state index is 0. The van der Waals surface area contributed by atoms with Gasteiger partial charge in [0.1, 0.15) is 0 Å². The molecule has 0 aromatic heterocycles. The lowest BCUT2D eigenvalue weighted by atomic mass is 10.3. The van der Waals surface area contributed by atoms with Crippen molar-refractivity contribution in [3.05, 3.63) is 0 Å². The van der Waals surface area contributed by atoms with Crippen molar-refractivity contribution in [3.8, 4) is 0 Å². The van der Waals surface area contributed by atoms with E-state index in [4.69, 9.17) is 4.52 Å². The highest BCUT2D eigenvalue weighted by atomic mass is 32.1. The highest BCUT2D eigenvalue weighted by molar-refractivity contribution is 7.59. The van der Waals surface area contributed by atoms with E-state index in [2.05, 4.69) is 19.5 Å². The average Bonchev–Trinajstić information content (AvgIpc) is 2.11. The van der Waals surface area contributed by atoms with E-state index in [0.29, 0.717) is 5.90 Å². The van der Waals surface area contributed by atoms with E-state index in [9.17, 15) is 0 Å². The Morgan fingerprint density at radius 1 is 1.15 bits per heavy atom. The van der Waals surface area contributed by atoms with E-state index in [-0.39, 0.29) is 13.5 Å². The highest BCUT2D eigenvalue weighted by Crippen LogP contribution is 1.98. The van der Waals surface area contributed by atoms with Crippen LogP contribution in [0.5, 0.6) is 0 Å². The summed E-state index contributed by atoms with van der Waals surface area (Å²) in [5.41, 5.74) is 0.939. The molecule has 0 aliphatic carbocycles. The average molecular weight is 222 g/mol. The number of rotatable bonds is 4. The van der Waals surface area contributed by atoms with Crippen LogP contribution >= 0.6 is 23.0 Å². The van der Waals surface area contributed by atoms with Crippen LogP contribution in [-0.2, 0) is 4.52 Å². The molecule has 0 spiro atoms. The molecule has 0 amide bonds. The van der Waals surface area contributed by atoms with E-state index in [1.54, 1.807) is 0 Å². The molecule has 78 valence electrons. The predicted molar refractivity (Wildman–Crippen MR) is 67.4 cm³/mol. The van der Waals surface area contributed by atoms with Gasteiger partial charge in [0, 0.05) is 13.1 Å². The van der Waals surface area contributed by atoms with Crippen LogP contribution in [0.25, 0.3) is 0 Å². The zero-order valence-corrected chi connectivity index (χ0v) is 10.7. The molecule has 0 saturated carbocycles. The van der Waals surface area contributed by atoms with Crippen LogP contribution in [0.4, 0.5) is 0 Å². The summed E-state index contributed by atoms with van der Waals surface area (Å²) in [6.07, 6.45) is 0.862. The molecule has 0 aromatic carbocycles. The topological polar surface area (TPSA) is 34.0 Å². The fourth-order valence-electron chi connectivity index (χ4n) is 0.862. The maximum Gasteiger partial charge on any atom is 0.232 e. The summed E-state index contributed by atoms with van der Waals surface area (Å²) in [5.74, 6) is 0.645. The van der Waals surface area contributed by atoms with Gasteiger partial charge in [-0.25, -0.2) is 0 Å². The van der Waals surface area contributed by atoms with E-state index < -0.39 is 0 Å². The minimum absolute atomic E-state index is 0. The molecule has 0 bridgehead atoms. The van der Waals surface area contributed by atoms with Crippen LogP contribution in [0.15, 0.2) is 9.98 Å². The van der Waals surface area contributed by atoms with Crippen molar-refractivity contribution in [1.82, 2.24) is 0 Å². The summed E-state index contributed by atoms with van der Waals surface area (Å²) < 4.78 is 5.03. The Bertz CT molecular complexity index is 163. The summed E-state index contributed by atoms with van der Waals surface area (Å²) in [5, 5.41) is 0. The monoisotopic (exact) mass is 222 g/mol. The van der Waals surface area contributed by atoms with Crippen molar-refractivity contribution in [1.29, 1.82) is 0 Å². The Labute approximate surface area is 89.8 Å². The van der Waals surface area contributed by atoms with E-state index in [1.807, 2.05) is 20.8 Å². The van der Waals surface area contributed by atoms with Crippen LogP contribution in [0, 0.1) is 0 Å². The quantitative estimate of drug-likeness (QED) is 0.408. The molecule has 0 fully saturated rings. The van der Waals surface area contributed by atoms with Gasteiger partial charge in [0.15, 0.2) is 0 Å². The van der Waals surface area contributed by atoms with Crippen molar-refractivity contribution in [2.24, 2.45) is 9.98 Å². The predicted octanol–water partition coefficient (Wildman–Crippen LogP) is 2.20. The second-order valence-electron chi connectivity index (χ2n) is 2.17. The van der Waals surface area contributed by atoms with Crippen molar-refractivity contribution in [2.45, 2.75) is 27.2 Å². The maximum absolute atomic E-state index is 5.03. The van der Waals surface area contributed by atoms with Gasteiger partial charge in [-0.15, -0.1) is 0 Å². The van der Waals surface area contributed by atoms with Crippen molar-refractivity contribution in [2.75, 3.05) is 13.1 Å². The fraction of sp³-hybridized carbons (Fsp3) is 0.750. The molecule has 1 atom stereocenters. The van der Waals surface area contributed by atoms with Gasteiger partial charge >= 0.3 is 0 Å².